The van der Waals surface area contributed by atoms with Crippen LogP contribution >= 0.6 is 11.3 Å². The van der Waals surface area contributed by atoms with E-state index in [1.54, 1.807) is 73.0 Å². The van der Waals surface area contributed by atoms with Crippen LogP contribution in [-0.4, -0.2) is 30.1 Å². The number of carbonyl (C=O) groups is 3. The summed E-state index contributed by atoms with van der Waals surface area (Å²) in [6, 6.07) is 14.9. The molecule has 0 bridgehead atoms. The zero-order valence-corrected chi connectivity index (χ0v) is 19.3. The lowest BCUT2D eigenvalue weighted by molar-refractivity contribution is -0.114. The number of amides is 2. The molecule has 8 nitrogen and oxygen atoms in total. The number of benzene rings is 2. The van der Waals surface area contributed by atoms with Gasteiger partial charge >= 0.3 is 5.97 Å². The lowest BCUT2D eigenvalue weighted by atomic mass is 10.1. The fourth-order valence-corrected chi connectivity index (χ4v) is 3.90. The van der Waals surface area contributed by atoms with Gasteiger partial charge in [0.1, 0.15) is 4.88 Å². The molecule has 9 heteroatoms. The normalized spacial score (nSPS) is 14.3. The third kappa shape index (κ3) is 4.74. The lowest BCUT2D eigenvalue weighted by Crippen LogP contribution is -2.21. The van der Waals surface area contributed by atoms with E-state index in [4.69, 9.17) is 15.2 Å². The maximum atomic E-state index is 13.0. The summed E-state index contributed by atoms with van der Waals surface area (Å²) < 4.78 is 11.2. The van der Waals surface area contributed by atoms with Gasteiger partial charge in [-0.2, -0.15) is 10.1 Å². The topological polar surface area (TPSA) is 111 Å². The molecule has 0 atom stereocenters. The van der Waals surface area contributed by atoms with Gasteiger partial charge < -0.3 is 15.2 Å². The van der Waals surface area contributed by atoms with Gasteiger partial charge in [-0.1, -0.05) is 12.1 Å². The third-order valence-corrected chi connectivity index (χ3v) is 5.81. The van der Waals surface area contributed by atoms with Crippen LogP contribution in [0.5, 0.6) is 11.5 Å². The van der Waals surface area contributed by atoms with E-state index in [1.165, 1.54) is 16.3 Å². The zero-order chi connectivity index (χ0) is 24.2. The van der Waals surface area contributed by atoms with E-state index >= 15 is 0 Å². The summed E-state index contributed by atoms with van der Waals surface area (Å²) in [5.74, 6) is -0.638. The molecule has 1 aliphatic rings. The Balaban J connectivity index is 1.58. The molecule has 0 aliphatic carbocycles. The Morgan fingerprint density at radius 2 is 1.88 bits per heavy atom. The summed E-state index contributed by atoms with van der Waals surface area (Å²) >= 11 is 1.29. The van der Waals surface area contributed by atoms with Crippen LogP contribution in [0.3, 0.4) is 0 Å². The van der Waals surface area contributed by atoms with E-state index in [0.29, 0.717) is 51.1 Å². The molecule has 1 aliphatic heterocycles. The minimum atomic E-state index is -0.547. The van der Waals surface area contributed by atoms with Crippen LogP contribution in [0.2, 0.25) is 0 Å². The highest BCUT2D eigenvalue weighted by molar-refractivity contribution is 7.12. The highest BCUT2D eigenvalue weighted by atomic mass is 32.1. The number of thiophene rings is 1. The predicted octanol–water partition coefficient (Wildman–Crippen LogP) is 4.27. The minimum absolute atomic E-state index is 0.293. The number of ether oxygens (including phenoxy) is 2. The van der Waals surface area contributed by atoms with Gasteiger partial charge in [0.2, 0.25) is 5.91 Å². The first-order chi connectivity index (χ1) is 16.4. The Bertz CT molecular complexity index is 1310. The number of hydrogen-bond donors (Lipinski definition) is 1. The molecule has 2 heterocycles. The van der Waals surface area contributed by atoms with E-state index in [2.05, 4.69) is 5.10 Å². The molecule has 0 saturated carbocycles. The summed E-state index contributed by atoms with van der Waals surface area (Å²) in [4.78, 5) is 37.2. The van der Waals surface area contributed by atoms with Crippen molar-refractivity contribution < 1.29 is 23.9 Å². The van der Waals surface area contributed by atoms with Crippen LogP contribution in [0.25, 0.3) is 6.08 Å². The highest BCUT2D eigenvalue weighted by Crippen LogP contribution is 2.32. The van der Waals surface area contributed by atoms with Crippen LogP contribution in [0, 0.1) is 0 Å². The number of nitrogens with two attached hydrogens (primary N) is 1. The number of nitrogens with zero attached hydrogens (tertiary/aromatic N) is 2. The second-order valence-electron chi connectivity index (χ2n) is 7.28. The number of carbonyl (C=O) groups excluding carboxylic acids is 3. The molecule has 0 spiro atoms. The molecule has 2 N–H and O–H groups in total. The van der Waals surface area contributed by atoms with Crippen molar-refractivity contribution >= 4 is 46.6 Å². The SMILES string of the molecule is CCOc1cc(C=C2C(=O)N(c3ccc(C(N)=O)cc3)N=C2C)ccc1OC(=O)c1cccs1. The van der Waals surface area contributed by atoms with Crippen LogP contribution in [0.15, 0.2) is 70.7 Å². The molecule has 2 amide bonds. The van der Waals surface area contributed by atoms with E-state index in [9.17, 15) is 14.4 Å². The largest absolute Gasteiger partial charge is 0.490 e. The van der Waals surface area contributed by atoms with Gasteiger partial charge in [0.15, 0.2) is 11.5 Å². The molecule has 1 aromatic heterocycles. The van der Waals surface area contributed by atoms with Crippen LogP contribution < -0.4 is 20.2 Å². The van der Waals surface area contributed by atoms with E-state index in [-0.39, 0.29) is 5.91 Å². The van der Waals surface area contributed by atoms with Gasteiger partial charge in [-0.3, -0.25) is 9.59 Å². The quantitative estimate of drug-likeness (QED) is 0.312. The fraction of sp³-hybridized carbons (Fsp3) is 0.120. The zero-order valence-electron chi connectivity index (χ0n) is 18.5. The van der Waals surface area contributed by atoms with Gasteiger partial charge in [-0.25, -0.2) is 4.79 Å². The summed E-state index contributed by atoms with van der Waals surface area (Å²) in [6.07, 6.45) is 1.70. The summed E-state index contributed by atoms with van der Waals surface area (Å²) in [7, 11) is 0. The predicted molar refractivity (Wildman–Crippen MR) is 130 cm³/mol. The second kappa shape index (κ2) is 9.72. The van der Waals surface area contributed by atoms with Crippen LogP contribution in [0.1, 0.15) is 39.4 Å². The number of rotatable bonds is 7. The van der Waals surface area contributed by atoms with Crippen molar-refractivity contribution in [3.05, 3.63) is 81.6 Å². The first kappa shape index (κ1) is 22.9. The Labute approximate surface area is 199 Å². The van der Waals surface area contributed by atoms with Crippen molar-refractivity contribution in [3.8, 4) is 11.5 Å². The van der Waals surface area contributed by atoms with Crippen LogP contribution in [0.4, 0.5) is 5.69 Å². The number of anilines is 1. The lowest BCUT2D eigenvalue weighted by Gasteiger charge is -2.12. The number of hydrazone groups is 1. The standard InChI is InChI=1S/C25H21N3O5S/c1-3-32-21-14-16(6-11-20(21)33-25(31)22-5-4-12-34-22)13-19-15(2)27-28(24(19)30)18-9-7-17(8-10-18)23(26)29/h4-14H,3H2,1-2H3,(H2,26,29). The molecule has 2 aromatic carbocycles. The Morgan fingerprint density at radius 1 is 1.12 bits per heavy atom. The smallest absolute Gasteiger partial charge is 0.353 e. The molecule has 0 fully saturated rings. The van der Waals surface area contributed by atoms with Crippen molar-refractivity contribution in [1.82, 2.24) is 0 Å². The maximum absolute atomic E-state index is 13.0. The second-order valence-corrected chi connectivity index (χ2v) is 8.23. The fourth-order valence-electron chi connectivity index (χ4n) is 3.30. The average Bonchev–Trinajstić information content (AvgIpc) is 3.46. The molecule has 172 valence electrons. The Kier molecular flexibility index (Phi) is 6.55. The summed E-state index contributed by atoms with van der Waals surface area (Å²) in [5, 5.41) is 7.42. The number of esters is 1. The molecule has 4 rings (SSSR count). The van der Waals surface area contributed by atoms with Gasteiger partial charge in [-0.05, 0) is 73.3 Å². The number of hydrogen-bond acceptors (Lipinski definition) is 7. The number of primary amides is 1. The van der Waals surface area contributed by atoms with Gasteiger partial charge in [0.25, 0.3) is 5.91 Å². The first-order valence-corrected chi connectivity index (χ1v) is 11.3. The van der Waals surface area contributed by atoms with Crippen molar-refractivity contribution in [1.29, 1.82) is 0 Å². The van der Waals surface area contributed by atoms with Crippen molar-refractivity contribution in [2.75, 3.05) is 11.6 Å². The Morgan fingerprint density at radius 3 is 2.53 bits per heavy atom. The minimum Gasteiger partial charge on any atom is -0.490 e. The highest BCUT2D eigenvalue weighted by Gasteiger charge is 2.29. The average molecular weight is 476 g/mol. The maximum Gasteiger partial charge on any atom is 0.353 e. The van der Waals surface area contributed by atoms with Crippen molar-refractivity contribution in [2.45, 2.75) is 13.8 Å². The van der Waals surface area contributed by atoms with Gasteiger partial charge in [0.05, 0.1) is 23.6 Å². The molecule has 3 aromatic rings. The molecule has 0 unspecified atom stereocenters. The first-order valence-electron chi connectivity index (χ1n) is 10.4. The summed E-state index contributed by atoms with van der Waals surface area (Å²) in [5.41, 5.74) is 7.76. The van der Waals surface area contributed by atoms with Gasteiger partial charge in [0, 0.05) is 5.56 Å². The van der Waals surface area contributed by atoms with Crippen LogP contribution in [-0.2, 0) is 4.79 Å². The summed E-state index contributed by atoms with van der Waals surface area (Å²) in [6.45, 7) is 3.94. The molecule has 0 radical (unpaired) electrons. The Hall–Kier alpha value is -4.24. The molecule has 34 heavy (non-hydrogen) atoms. The van der Waals surface area contributed by atoms with E-state index < -0.39 is 11.9 Å². The van der Waals surface area contributed by atoms with Gasteiger partial charge in [-0.15, -0.1) is 11.3 Å². The van der Waals surface area contributed by atoms with Crippen molar-refractivity contribution in [2.24, 2.45) is 10.8 Å². The molecular formula is C25H21N3O5S. The molecule has 0 saturated heterocycles. The van der Waals surface area contributed by atoms with Crippen molar-refractivity contribution in [3.63, 3.8) is 0 Å². The van der Waals surface area contributed by atoms with E-state index in [1.807, 2.05) is 6.92 Å². The van der Waals surface area contributed by atoms with E-state index in [0.717, 1.165) is 0 Å². The third-order valence-electron chi connectivity index (χ3n) is 4.96. The monoisotopic (exact) mass is 475 g/mol. The molecular weight excluding hydrogens is 454 g/mol.